The molecule has 1 aliphatic carbocycles. The number of hydrogen-bond acceptors (Lipinski definition) is 3. The van der Waals surface area contributed by atoms with Gasteiger partial charge in [-0.1, -0.05) is 59.8 Å². The minimum atomic E-state index is -0.978. The lowest BCUT2D eigenvalue weighted by Crippen LogP contribution is -2.54. The molecule has 1 aromatic carbocycles. The summed E-state index contributed by atoms with van der Waals surface area (Å²) in [6.45, 7) is 15.2. The van der Waals surface area contributed by atoms with Gasteiger partial charge in [-0.05, 0) is 98.8 Å². The van der Waals surface area contributed by atoms with Crippen LogP contribution in [0.15, 0.2) is 47.0 Å². The van der Waals surface area contributed by atoms with Gasteiger partial charge in [0.2, 0.25) is 0 Å². The Morgan fingerprint density at radius 2 is 1.77 bits per heavy atom. The van der Waals surface area contributed by atoms with Crippen molar-refractivity contribution in [1.82, 2.24) is 4.90 Å². The van der Waals surface area contributed by atoms with Gasteiger partial charge in [-0.25, -0.2) is 8.78 Å². The van der Waals surface area contributed by atoms with Crippen LogP contribution in [0.25, 0.3) is 0 Å². The molecule has 1 atom stereocenters. The summed E-state index contributed by atoms with van der Waals surface area (Å²) in [5.41, 5.74) is 0.834. The van der Waals surface area contributed by atoms with E-state index in [9.17, 15) is 18.4 Å². The molecule has 0 N–H and O–H groups in total. The highest BCUT2D eigenvalue weighted by Crippen LogP contribution is 2.48. The first-order chi connectivity index (χ1) is 18.2. The first kappa shape index (κ1) is 30.9. The zero-order valence-electron chi connectivity index (χ0n) is 24.8. The van der Waals surface area contributed by atoms with E-state index in [1.807, 2.05) is 24.0 Å². The molecule has 1 saturated carbocycles. The zero-order valence-corrected chi connectivity index (χ0v) is 24.8. The highest BCUT2D eigenvalue weighted by molar-refractivity contribution is 6.46. The molecule has 4 nitrogen and oxygen atoms in total. The van der Waals surface area contributed by atoms with Gasteiger partial charge in [-0.2, -0.15) is 0 Å². The Bertz CT molecular complexity index is 1130. The molecule has 1 amide bonds. The number of aldehydes is 1. The van der Waals surface area contributed by atoms with Crippen LogP contribution in [-0.2, 0) is 9.59 Å². The van der Waals surface area contributed by atoms with Gasteiger partial charge in [0.05, 0.1) is 0 Å². The number of nitrogens with zero attached hydrogens (tertiary/aromatic N) is 2. The molecule has 1 unspecified atom stereocenters. The summed E-state index contributed by atoms with van der Waals surface area (Å²) in [6.07, 6.45) is 13.1. The molecular weight excluding hydrogens is 494 g/mol. The van der Waals surface area contributed by atoms with Gasteiger partial charge in [-0.3, -0.25) is 14.6 Å². The minimum Gasteiger partial charge on any atom is -0.309 e. The molecule has 1 spiro atoms. The van der Waals surface area contributed by atoms with Crippen molar-refractivity contribution in [2.75, 3.05) is 0 Å². The smallest absolute Gasteiger partial charge is 0.274 e. The Labute approximate surface area is 233 Å². The Hall–Kier alpha value is -2.63. The maximum atomic E-state index is 14.2. The average molecular weight is 541 g/mol. The third-order valence-electron chi connectivity index (χ3n) is 8.44. The Balaban J connectivity index is 2.00. The summed E-state index contributed by atoms with van der Waals surface area (Å²) in [5, 5.41) is 0. The van der Waals surface area contributed by atoms with Gasteiger partial charge in [0.25, 0.3) is 5.91 Å². The van der Waals surface area contributed by atoms with Crippen molar-refractivity contribution in [2.24, 2.45) is 21.7 Å². The van der Waals surface area contributed by atoms with Gasteiger partial charge in [0.15, 0.2) is 11.6 Å². The SMILES string of the molecule is C/C=C(/C=O)C/C=C\CC(CCC(C)(C)C)N1C(=O)C(c2ccc(F)c(F)c2)=NC12CCC(C(C)(C)C)CC2. The van der Waals surface area contributed by atoms with Crippen molar-refractivity contribution in [3.63, 3.8) is 0 Å². The fourth-order valence-corrected chi connectivity index (χ4v) is 5.91. The topological polar surface area (TPSA) is 49.7 Å². The molecule has 214 valence electrons. The van der Waals surface area contributed by atoms with E-state index in [0.717, 1.165) is 62.5 Å². The van der Waals surface area contributed by atoms with Crippen LogP contribution in [0.3, 0.4) is 0 Å². The number of benzene rings is 1. The molecule has 1 heterocycles. The maximum absolute atomic E-state index is 14.2. The van der Waals surface area contributed by atoms with Crippen LogP contribution >= 0.6 is 0 Å². The van der Waals surface area contributed by atoms with Crippen LogP contribution in [0.5, 0.6) is 0 Å². The lowest BCUT2D eigenvalue weighted by molar-refractivity contribution is -0.133. The molecule has 0 radical (unpaired) electrons. The molecule has 3 rings (SSSR count). The molecule has 1 aliphatic heterocycles. The van der Waals surface area contributed by atoms with Crippen LogP contribution in [0, 0.1) is 28.4 Å². The van der Waals surface area contributed by atoms with E-state index in [-0.39, 0.29) is 28.5 Å². The molecule has 1 fully saturated rings. The number of hydrogen-bond donors (Lipinski definition) is 0. The maximum Gasteiger partial charge on any atom is 0.274 e. The van der Waals surface area contributed by atoms with Crippen LogP contribution in [-0.4, -0.2) is 34.5 Å². The summed E-state index contributed by atoms with van der Waals surface area (Å²) >= 11 is 0. The quantitative estimate of drug-likeness (QED) is 0.180. The van der Waals surface area contributed by atoms with Crippen LogP contribution in [0.1, 0.15) is 105 Å². The predicted octanol–water partition coefficient (Wildman–Crippen LogP) is 8.21. The van der Waals surface area contributed by atoms with Crippen molar-refractivity contribution in [3.8, 4) is 0 Å². The Morgan fingerprint density at radius 3 is 2.31 bits per heavy atom. The molecular formula is C33H46F2N2O2. The third kappa shape index (κ3) is 7.52. The highest BCUT2D eigenvalue weighted by atomic mass is 19.2. The molecule has 0 bridgehead atoms. The van der Waals surface area contributed by atoms with Crippen molar-refractivity contribution < 1.29 is 18.4 Å². The van der Waals surface area contributed by atoms with Gasteiger partial charge >= 0.3 is 0 Å². The monoisotopic (exact) mass is 540 g/mol. The fourth-order valence-electron chi connectivity index (χ4n) is 5.91. The summed E-state index contributed by atoms with van der Waals surface area (Å²) in [7, 11) is 0. The lowest BCUT2D eigenvalue weighted by Gasteiger charge is -2.47. The van der Waals surface area contributed by atoms with Crippen molar-refractivity contribution >= 4 is 17.9 Å². The van der Waals surface area contributed by atoms with Crippen LogP contribution in [0.2, 0.25) is 0 Å². The molecule has 2 aliphatic rings. The summed E-state index contributed by atoms with van der Waals surface area (Å²) in [5.74, 6) is -1.59. The second-order valence-corrected chi connectivity index (χ2v) is 13.5. The Morgan fingerprint density at radius 1 is 1.10 bits per heavy atom. The molecule has 39 heavy (non-hydrogen) atoms. The molecule has 6 heteroatoms. The van der Waals surface area contributed by atoms with E-state index < -0.39 is 17.3 Å². The first-order valence-electron chi connectivity index (χ1n) is 14.3. The van der Waals surface area contributed by atoms with E-state index in [4.69, 9.17) is 4.99 Å². The fraction of sp³-hybridized carbons (Fsp3) is 0.606. The lowest BCUT2D eigenvalue weighted by atomic mass is 9.69. The first-order valence-corrected chi connectivity index (χ1v) is 14.3. The molecule has 0 aromatic heterocycles. The normalized spacial score (nSPS) is 23.6. The number of aliphatic imine (C=N–C) groups is 1. The number of amides is 1. The highest BCUT2D eigenvalue weighted by Gasteiger charge is 2.52. The van der Waals surface area contributed by atoms with Gasteiger partial charge in [-0.15, -0.1) is 0 Å². The van der Waals surface area contributed by atoms with Crippen molar-refractivity contribution in [2.45, 2.75) is 112 Å². The van der Waals surface area contributed by atoms with Gasteiger partial charge in [0.1, 0.15) is 17.7 Å². The summed E-state index contributed by atoms with van der Waals surface area (Å²) < 4.78 is 28.0. The zero-order chi connectivity index (χ0) is 29.0. The standard InChI is InChI=1S/C33H46F2N2O2/c1-8-23(22-38)11-9-10-12-26(17-18-31(2,3)4)37-30(39)29(24-13-14-27(34)28(35)21-24)36-33(37)19-15-25(16-20-33)32(5,6)7/h8-10,13-14,21-22,25-26H,11-12,15-20H2,1-7H3/b10-9-,23-8+. The van der Waals surface area contributed by atoms with Crippen LogP contribution < -0.4 is 0 Å². The second-order valence-electron chi connectivity index (χ2n) is 13.5. The third-order valence-corrected chi connectivity index (χ3v) is 8.44. The number of carbonyl (C=O) groups excluding carboxylic acids is 2. The predicted molar refractivity (Wildman–Crippen MR) is 155 cm³/mol. The minimum absolute atomic E-state index is 0.0845. The largest absolute Gasteiger partial charge is 0.309 e. The Kier molecular flexibility index (Phi) is 9.72. The van der Waals surface area contributed by atoms with Gasteiger partial charge < -0.3 is 4.90 Å². The molecule has 1 aromatic rings. The number of allylic oxidation sites excluding steroid dienone is 3. The van der Waals surface area contributed by atoms with E-state index in [0.29, 0.717) is 24.3 Å². The van der Waals surface area contributed by atoms with E-state index >= 15 is 0 Å². The summed E-state index contributed by atoms with van der Waals surface area (Å²) in [6, 6.07) is 3.51. The average Bonchev–Trinajstić information content (AvgIpc) is 3.13. The van der Waals surface area contributed by atoms with E-state index in [1.165, 1.54) is 6.07 Å². The van der Waals surface area contributed by atoms with Crippen molar-refractivity contribution in [1.29, 1.82) is 0 Å². The van der Waals surface area contributed by atoms with E-state index in [1.54, 1.807) is 0 Å². The van der Waals surface area contributed by atoms with Crippen LogP contribution in [0.4, 0.5) is 8.78 Å². The van der Waals surface area contributed by atoms with Crippen molar-refractivity contribution in [3.05, 3.63) is 59.2 Å². The molecule has 0 saturated heterocycles. The van der Waals surface area contributed by atoms with E-state index in [2.05, 4.69) is 47.6 Å². The second kappa shape index (κ2) is 12.3. The van der Waals surface area contributed by atoms with Gasteiger partial charge in [0, 0.05) is 11.6 Å². The number of halogens is 2. The number of carbonyl (C=O) groups is 2. The summed E-state index contributed by atoms with van der Waals surface area (Å²) in [4.78, 5) is 32.4. The number of rotatable bonds is 9.